The Balaban J connectivity index is 2.06. The number of aromatic nitrogens is 2. The van der Waals surface area contributed by atoms with Gasteiger partial charge in [-0.2, -0.15) is 0 Å². The van der Waals surface area contributed by atoms with E-state index < -0.39 is 27.3 Å². The third-order valence-corrected chi connectivity index (χ3v) is 5.01. The number of rotatable bonds is 9. The number of amidine groups is 1. The highest BCUT2D eigenvalue weighted by Crippen LogP contribution is 2.20. The molecule has 1 aromatic heterocycles. The number of ether oxygens (including phenoxy) is 1. The van der Waals surface area contributed by atoms with Crippen molar-refractivity contribution in [3.8, 4) is 5.88 Å². The summed E-state index contributed by atoms with van der Waals surface area (Å²) in [5.41, 5.74) is 7.29. The Morgan fingerprint density at radius 1 is 1.43 bits per heavy atom. The van der Waals surface area contributed by atoms with Crippen LogP contribution in [0.3, 0.4) is 0 Å². The zero-order valence-electron chi connectivity index (χ0n) is 14.8. The maximum Gasteiger partial charge on any atom is 0.287 e. The molecule has 0 bridgehead atoms. The molecule has 0 aliphatic rings. The molecule has 2 aromatic rings. The SMILES string of the molecule is Cc1cc(N=C(NO)c2nonc2OCCCS(=O)(=O)CC(N)=O)ccc1F. The molecule has 0 saturated carbocycles. The Morgan fingerprint density at radius 3 is 2.82 bits per heavy atom. The summed E-state index contributed by atoms with van der Waals surface area (Å²) in [6.45, 7) is 1.46. The highest BCUT2D eigenvalue weighted by molar-refractivity contribution is 7.92. The van der Waals surface area contributed by atoms with E-state index in [2.05, 4.69) is 19.9 Å². The second-order valence-electron chi connectivity index (χ2n) is 5.68. The second-order valence-corrected chi connectivity index (χ2v) is 7.87. The van der Waals surface area contributed by atoms with Gasteiger partial charge in [-0.05, 0) is 47.4 Å². The topological polar surface area (TPSA) is 170 Å². The number of hydrogen-bond acceptors (Lipinski definition) is 9. The first-order valence-electron chi connectivity index (χ1n) is 7.91. The fraction of sp³-hybridized carbons (Fsp3) is 0.333. The summed E-state index contributed by atoms with van der Waals surface area (Å²) >= 11 is 0. The summed E-state index contributed by atoms with van der Waals surface area (Å²) in [5.74, 6) is -2.72. The Morgan fingerprint density at radius 2 is 2.18 bits per heavy atom. The smallest absolute Gasteiger partial charge is 0.287 e. The molecule has 1 aromatic carbocycles. The number of nitrogens with one attached hydrogen (secondary N) is 1. The van der Waals surface area contributed by atoms with E-state index in [1.54, 1.807) is 6.92 Å². The molecule has 0 atom stereocenters. The molecule has 28 heavy (non-hydrogen) atoms. The molecular weight excluding hydrogens is 397 g/mol. The van der Waals surface area contributed by atoms with Gasteiger partial charge in [0.2, 0.25) is 11.6 Å². The van der Waals surface area contributed by atoms with Crippen molar-refractivity contribution in [3.63, 3.8) is 0 Å². The third-order valence-electron chi connectivity index (χ3n) is 3.37. The Hall–Kier alpha value is -3.06. The number of nitrogens with two attached hydrogens (primary N) is 1. The van der Waals surface area contributed by atoms with E-state index >= 15 is 0 Å². The Labute approximate surface area is 159 Å². The fourth-order valence-corrected chi connectivity index (χ4v) is 3.25. The number of sulfone groups is 1. The van der Waals surface area contributed by atoms with Crippen molar-refractivity contribution in [1.29, 1.82) is 0 Å². The molecule has 0 spiro atoms. The van der Waals surface area contributed by atoms with Crippen molar-refractivity contribution in [2.75, 3.05) is 18.1 Å². The van der Waals surface area contributed by atoms with E-state index in [0.717, 1.165) is 0 Å². The minimum absolute atomic E-state index is 0.0537. The lowest BCUT2D eigenvalue weighted by atomic mass is 10.2. The van der Waals surface area contributed by atoms with Crippen LogP contribution in [0.1, 0.15) is 17.7 Å². The van der Waals surface area contributed by atoms with Crippen molar-refractivity contribution >= 4 is 27.3 Å². The Kier molecular flexibility index (Phi) is 7.00. The minimum Gasteiger partial charge on any atom is -0.474 e. The molecule has 4 N–H and O–H groups in total. The van der Waals surface area contributed by atoms with Crippen molar-refractivity contribution in [2.24, 2.45) is 10.7 Å². The molecule has 13 heteroatoms. The summed E-state index contributed by atoms with van der Waals surface area (Å²) in [5, 5.41) is 16.4. The monoisotopic (exact) mass is 415 g/mol. The van der Waals surface area contributed by atoms with Gasteiger partial charge in [-0.25, -0.2) is 22.4 Å². The van der Waals surface area contributed by atoms with Crippen molar-refractivity contribution in [3.05, 3.63) is 35.3 Å². The number of carbonyl (C=O) groups excluding carboxylic acids is 1. The van der Waals surface area contributed by atoms with Crippen LogP contribution in [0.5, 0.6) is 5.88 Å². The molecule has 1 heterocycles. The first kappa shape index (κ1) is 21.2. The fourth-order valence-electron chi connectivity index (χ4n) is 2.11. The van der Waals surface area contributed by atoms with E-state index in [4.69, 9.17) is 10.5 Å². The quantitative estimate of drug-likeness (QED) is 0.225. The van der Waals surface area contributed by atoms with Crippen LogP contribution in [0.2, 0.25) is 0 Å². The Bertz CT molecular complexity index is 975. The second kappa shape index (κ2) is 9.23. The molecule has 0 aliphatic heterocycles. The van der Waals surface area contributed by atoms with Crippen LogP contribution in [0, 0.1) is 12.7 Å². The van der Waals surface area contributed by atoms with Crippen LogP contribution < -0.4 is 16.0 Å². The standard InChI is InChI=1S/C15H18FN5O6S/c1-9-7-10(3-4-11(9)16)18-14(19-23)13-15(21-27-20-13)26-5-2-6-28(24,25)8-12(17)22/h3-4,7,23H,2,5-6,8H2,1H3,(H2,17,22)(H,18,19). The third kappa shape index (κ3) is 5.99. The normalized spacial score (nSPS) is 12.0. The van der Waals surface area contributed by atoms with Crippen LogP contribution in [0.4, 0.5) is 10.1 Å². The van der Waals surface area contributed by atoms with Crippen molar-refractivity contribution < 1.29 is 32.2 Å². The predicted molar refractivity (Wildman–Crippen MR) is 94.5 cm³/mol. The maximum absolute atomic E-state index is 13.3. The van der Waals surface area contributed by atoms with Gasteiger partial charge in [0.25, 0.3) is 5.88 Å². The van der Waals surface area contributed by atoms with Crippen LogP contribution in [0.25, 0.3) is 0 Å². The number of nitrogens with zero attached hydrogens (tertiary/aromatic N) is 3. The minimum atomic E-state index is -3.62. The van der Waals surface area contributed by atoms with Gasteiger partial charge in [0.05, 0.1) is 18.0 Å². The average Bonchev–Trinajstić information content (AvgIpc) is 3.07. The molecule has 0 fully saturated rings. The lowest BCUT2D eigenvalue weighted by molar-refractivity contribution is -0.115. The number of hydroxylamine groups is 1. The molecule has 2 rings (SSSR count). The number of primary amides is 1. The van der Waals surface area contributed by atoms with Crippen LogP contribution in [0.15, 0.2) is 27.8 Å². The van der Waals surface area contributed by atoms with Crippen LogP contribution in [-0.2, 0) is 14.6 Å². The number of benzene rings is 1. The maximum atomic E-state index is 13.3. The number of aryl methyl sites for hydroxylation is 1. The van der Waals surface area contributed by atoms with Crippen LogP contribution in [-0.4, -0.2) is 53.8 Å². The van der Waals surface area contributed by atoms with Gasteiger partial charge in [-0.1, -0.05) is 0 Å². The van der Waals surface area contributed by atoms with Crippen molar-refractivity contribution in [2.45, 2.75) is 13.3 Å². The number of halogens is 1. The first-order chi connectivity index (χ1) is 13.2. The van der Waals surface area contributed by atoms with Gasteiger partial charge in [-0.3, -0.25) is 15.5 Å². The van der Waals surface area contributed by atoms with Crippen molar-refractivity contribution in [1.82, 2.24) is 15.8 Å². The highest BCUT2D eigenvalue weighted by atomic mass is 32.2. The van der Waals surface area contributed by atoms with Gasteiger partial charge in [0.15, 0.2) is 15.7 Å². The van der Waals surface area contributed by atoms with E-state index in [9.17, 15) is 22.8 Å². The van der Waals surface area contributed by atoms with E-state index in [-0.39, 0.29) is 36.2 Å². The summed E-state index contributed by atoms with van der Waals surface area (Å²) < 4.78 is 46.4. The van der Waals surface area contributed by atoms with E-state index in [1.807, 2.05) is 5.48 Å². The van der Waals surface area contributed by atoms with Gasteiger partial charge >= 0.3 is 0 Å². The lowest BCUT2D eigenvalue weighted by Crippen LogP contribution is -2.25. The first-order valence-corrected chi connectivity index (χ1v) is 9.73. The summed E-state index contributed by atoms with van der Waals surface area (Å²) in [7, 11) is -3.62. The average molecular weight is 415 g/mol. The van der Waals surface area contributed by atoms with Crippen LogP contribution >= 0.6 is 0 Å². The summed E-state index contributed by atoms with van der Waals surface area (Å²) in [6.07, 6.45) is 0.0537. The molecule has 1 amide bonds. The number of amides is 1. The molecule has 0 radical (unpaired) electrons. The highest BCUT2D eigenvalue weighted by Gasteiger charge is 2.19. The number of aliphatic imine (C=N–C) groups is 1. The summed E-state index contributed by atoms with van der Waals surface area (Å²) in [4.78, 5) is 14.8. The largest absolute Gasteiger partial charge is 0.474 e. The van der Waals surface area contributed by atoms with E-state index in [1.165, 1.54) is 18.2 Å². The molecular formula is C15H18FN5O6S. The molecule has 152 valence electrons. The zero-order valence-corrected chi connectivity index (χ0v) is 15.6. The predicted octanol–water partition coefficient (Wildman–Crippen LogP) is 0.243. The molecule has 0 saturated heterocycles. The van der Waals surface area contributed by atoms with E-state index in [0.29, 0.717) is 11.3 Å². The summed E-state index contributed by atoms with van der Waals surface area (Å²) in [6, 6.07) is 4.05. The molecule has 0 aliphatic carbocycles. The lowest BCUT2D eigenvalue weighted by Gasteiger charge is -2.06. The molecule has 0 unspecified atom stereocenters. The molecule has 11 nitrogen and oxygen atoms in total. The van der Waals surface area contributed by atoms with Gasteiger partial charge in [0, 0.05) is 0 Å². The number of carbonyl (C=O) groups is 1. The number of hydrogen-bond donors (Lipinski definition) is 3. The zero-order chi connectivity index (χ0) is 20.7. The van der Waals surface area contributed by atoms with Gasteiger partial charge in [0.1, 0.15) is 11.6 Å². The van der Waals surface area contributed by atoms with Gasteiger partial charge < -0.3 is 10.5 Å². The van der Waals surface area contributed by atoms with Gasteiger partial charge in [-0.15, -0.1) is 0 Å².